The van der Waals surface area contributed by atoms with Crippen LogP contribution in [0.15, 0.2) is 0 Å². The molecule has 0 saturated carbocycles. The van der Waals surface area contributed by atoms with Gasteiger partial charge in [0.15, 0.2) is 0 Å². The molecule has 0 spiro atoms. The molecule has 0 aromatic carbocycles. The highest BCUT2D eigenvalue weighted by Crippen LogP contribution is 2.15. The summed E-state index contributed by atoms with van der Waals surface area (Å²) in [5, 5.41) is 0. The number of hydrogen-bond donors (Lipinski definition) is 1. The topological polar surface area (TPSA) is 29.3 Å². The van der Waals surface area contributed by atoms with Gasteiger partial charge in [-0.3, -0.25) is 4.90 Å². The van der Waals surface area contributed by atoms with E-state index in [1.807, 2.05) is 0 Å². The zero-order valence-electron chi connectivity index (χ0n) is 13.3. The third kappa shape index (κ3) is 7.38. The molecule has 0 fully saturated rings. The first-order valence-corrected chi connectivity index (χ1v) is 8.17. The summed E-state index contributed by atoms with van der Waals surface area (Å²) in [7, 11) is 0. The van der Waals surface area contributed by atoms with Crippen molar-refractivity contribution >= 4 is 0 Å². The van der Waals surface area contributed by atoms with Crippen LogP contribution in [0, 0.1) is 5.92 Å². The first-order chi connectivity index (χ1) is 8.73. The molecule has 2 N–H and O–H groups in total. The minimum atomic E-state index is 0.604. The van der Waals surface area contributed by atoms with Crippen molar-refractivity contribution < 1.29 is 0 Å². The zero-order valence-corrected chi connectivity index (χ0v) is 13.3. The molecule has 110 valence electrons. The molecule has 0 aliphatic rings. The van der Waals surface area contributed by atoms with Crippen molar-refractivity contribution in [1.82, 2.24) is 4.90 Å². The number of unbranched alkanes of at least 4 members (excludes halogenated alkanes) is 3. The van der Waals surface area contributed by atoms with Crippen LogP contribution >= 0.6 is 0 Å². The molecule has 18 heavy (non-hydrogen) atoms. The van der Waals surface area contributed by atoms with Gasteiger partial charge in [0.2, 0.25) is 0 Å². The van der Waals surface area contributed by atoms with Gasteiger partial charge in [-0.25, -0.2) is 0 Å². The van der Waals surface area contributed by atoms with Crippen LogP contribution in [0.4, 0.5) is 0 Å². The lowest BCUT2D eigenvalue weighted by molar-refractivity contribution is 0.163. The molecule has 0 saturated heterocycles. The molecule has 0 aliphatic heterocycles. The van der Waals surface area contributed by atoms with Crippen LogP contribution in [0.1, 0.15) is 72.6 Å². The maximum Gasteiger partial charge on any atom is 0.0218 e. The Morgan fingerprint density at radius 3 is 2.06 bits per heavy atom. The fourth-order valence-corrected chi connectivity index (χ4v) is 2.67. The van der Waals surface area contributed by atoms with Crippen LogP contribution in [0.3, 0.4) is 0 Å². The molecule has 1 atom stereocenters. The molecule has 2 heteroatoms. The van der Waals surface area contributed by atoms with Gasteiger partial charge in [0.25, 0.3) is 0 Å². The second kappa shape index (κ2) is 12.0. The predicted octanol–water partition coefficient (Wildman–Crippen LogP) is 4.04. The minimum Gasteiger partial charge on any atom is -0.329 e. The Bertz CT molecular complexity index is 166. The monoisotopic (exact) mass is 256 g/mol. The van der Waals surface area contributed by atoms with E-state index in [1.54, 1.807) is 0 Å². The van der Waals surface area contributed by atoms with E-state index in [2.05, 4.69) is 32.6 Å². The van der Waals surface area contributed by atoms with Gasteiger partial charge in [-0.05, 0) is 18.9 Å². The predicted molar refractivity (Wildman–Crippen MR) is 82.9 cm³/mol. The summed E-state index contributed by atoms with van der Waals surface area (Å²) in [4.78, 5) is 2.61. The summed E-state index contributed by atoms with van der Waals surface area (Å²) < 4.78 is 0. The Kier molecular flexibility index (Phi) is 11.9. The summed E-state index contributed by atoms with van der Waals surface area (Å²) >= 11 is 0. The van der Waals surface area contributed by atoms with Crippen LogP contribution in [0.5, 0.6) is 0 Å². The molecular weight excluding hydrogens is 220 g/mol. The summed E-state index contributed by atoms with van der Waals surface area (Å²) in [6, 6.07) is 0.604. The van der Waals surface area contributed by atoms with Crippen LogP contribution in [-0.2, 0) is 0 Å². The standard InChI is InChI=1S/C16H36N2/c1-5-9-10-11-12-16(13-17)18(8-4)14-15(6-2)7-3/h15-16H,5-14,17H2,1-4H3. The van der Waals surface area contributed by atoms with E-state index in [9.17, 15) is 0 Å². The molecule has 0 bridgehead atoms. The molecule has 0 amide bonds. The molecule has 0 aromatic heterocycles. The summed E-state index contributed by atoms with van der Waals surface area (Å²) in [6.45, 7) is 12.4. The smallest absolute Gasteiger partial charge is 0.0218 e. The highest BCUT2D eigenvalue weighted by molar-refractivity contribution is 4.74. The van der Waals surface area contributed by atoms with Gasteiger partial charge >= 0.3 is 0 Å². The molecule has 0 heterocycles. The molecule has 0 aromatic rings. The number of hydrogen-bond acceptors (Lipinski definition) is 2. The first kappa shape index (κ1) is 17.9. The van der Waals surface area contributed by atoms with Gasteiger partial charge in [-0.2, -0.15) is 0 Å². The molecule has 0 aliphatic carbocycles. The van der Waals surface area contributed by atoms with E-state index in [4.69, 9.17) is 5.73 Å². The Morgan fingerprint density at radius 1 is 0.944 bits per heavy atom. The SMILES string of the molecule is CCCCCCC(CN)N(CC)CC(CC)CC. The minimum absolute atomic E-state index is 0.604. The van der Waals surface area contributed by atoms with E-state index < -0.39 is 0 Å². The summed E-state index contributed by atoms with van der Waals surface area (Å²) in [5.41, 5.74) is 5.98. The lowest BCUT2D eigenvalue weighted by Crippen LogP contribution is -2.43. The summed E-state index contributed by atoms with van der Waals surface area (Å²) in [5.74, 6) is 0.842. The first-order valence-electron chi connectivity index (χ1n) is 8.17. The molecule has 0 rings (SSSR count). The lowest BCUT2D eigenvalue weighted by atomic mass is 10.00. The third-order valence-electron chi connectivity index (χ3n) is 4.23. The maximum absolute atomic E-state index is 5.98. The van der Waals surface area contributed by atoms with E-state index in [0.717, 1.165) is 19.0 Å². The maximum atomic E-state index is 5.98. The van der Waals surface area contributed by atoms with Crippen LogP contribution < -0.4 is 5.73 Å². The Balaban J connectivity index is 4.11. The van der Waals surface area contributed by atoms with Crippen molar-refractivity contribution in [3.8, 4) is 0 Å². The Hall–Kier alpha value is -0.0800. The average molecular weight is 256 g/mol. The zero-order chi connectivity index (χ0) is 13.8. The summed E-state index contributed by atoms with van der Waals surface area (Å²) in [6.07, 6.45) is 9.27. The van der Waals surface area contributed by atoms with E-state index in [0.29, 0.717) is 6.04 Å². The normalized spacial score (nSPS) is 13.5. The van der Waals surface area contributed by atoms with Crippen LogP contribution in [0.2, 0.25) is 0 Å². The second-order valence-electron chi connectivity index (χ2n) is 5.51. The van der Waals surface area contributed by atoms with Crippen molar-refractivity contribution in [2.45, 2.75) is 78.7 Å². The molecule has 2 nitrogen and oxygen atoms in total. The van der Waals surface area contributed by atoms with Crippen LogP contribution in [-0.4, -0.2) is 30.6 Å². The number of nitrogens with two attached hydrogens (primary N) is 1. The van der Waals surface area contributed by atoms with E-state index >= 15 is 0 Å². The fourth-order valence-electron chi connectivity index (χ4n) is 2.67. The molecule has 1 unspecified atom stereocenters. The number of likely N-dealkylation sites (N-methyl/N-ethyl adjacent to an activating group) is 1. The Morgan fingerprint density at radius 2 is 1.61 bits per heavy atom. The molecular formula is C16H36N2. The van der Waals surface area contributed by atoms with Gasteiger partial charge in [0, 0.05) is 19.1 Å². The highest BCUT2D eigenvalue weighted by Gasteiger charge is 2.17. The third-order valence-corrected chi connectivity index (χ3v) is 4.23. The lowest BCUT2D eigenvalue weighted by Gasteiger charge is -2.32. The van der Waals surface area contributed by atoms with Crippen molar-refractivity contribution in [1.29, 1.82) is 0 Å². The Labute approximate surface area is 115 Å². The van der Waals surface area contributed by atoms with Gasteiger partial charge in [0.1, 0.15) is 0 Å². The number of nitrogens with zero attached hydrogens (tertiary/aromatic N) is 1. The van der Waals surface area contributed by atoms with Crippen molar-refractivity contribution in [3.05, 3.63) is 0 Å². The highest BCUT2D eigenvalue weighted by atomic mass is 15.2. The largest absolute Gasteiger partial charge is 0.329 e. The molecule has 0 radical (unpaired) electrons. The van der Waals surface area contributed by atoms with Gasteiger partial charge in [-0.1, -0.05) is 66.2 Å². The van der Waals surface area contributed by atoms with Gasteiger partial charge < -0.3 is 5.73 Å². The fraction of sp³-hybridized carbons (Fsp3) is 1.00. The number of rotatable bonds is 12. The van der Waals surface area contributed by atoms with Crippen molar-refractivity contribution in [2.24, 2.45) is 11.7 Å². The van der Waals surface area contributed by atoms with Crippen LogP contribution in [0.25, 0.3) is 0 Å². The van der Waals surface area contributed by atoms with Crippen molar-refractivity contribution in [2.75, 3.05) is 19.6 Å². The van der Waals surface area contributed by atoms with E-state index in [1.165, 1.54) is 51.5 Å². The quantitative estimate of drug-likeness (QED) is 0.534. The average Bonchev–Trinajstić information content (AvgIpc) is 2.41. The van der Waals surface area contributed by atoms with E-state index in [-0.39, 0.29) is 0 Å². The van der Waals surface area contributed by atoms with Gasteiger partial charge in [-0.15, -0.1) is 0 Å². The van der Waals surface area contributed by atoms with Gasteiger partial charge in [0.05, 0.1) is 0 Å². The second-order valence-corrected chi connectivity index (χ2v) is 5.51. The van der Waals surface area contributed by atoms with Crippen molar-refractivity contribution in [3.63, 3.8) is 0 Å².